The molecular formula is C23H28N2O3. The van der Waals surface area contributed by atoms with E-state index < -0.39 is 0 Å². The average molecular weight is 380 g/mol. The van der Waals surface area contributed by atoms with Crippen LogP contribution in [0.2, 0.25) is 0 Å². The van der Waals surface area contributed by atoms with E-state index in [1.165, 1.54) is 0 Å². The number of carbonyl (C=O) groups is 2. The summed E-state index contributed by atoms with van der Waals surface area (Å²) in [5.74, 6) is 0.954. The standard InChI is InChI=1S/C23H28N2O3/c1-17-6-5-8-20(16-17)23(27)25-14-11-19(12-15-25)22(26)24-13-10-18-7-3-4-9-21(18)28-2/h3-9,16,19H,10-15H2,1-2H3,(H,24,26). The summed E-state index contributed by atoms with van der Waals surface area (Å²) in [5.41, 5.74) is 2.89. The Balaban J connectivity index is 1.45. The number of piperidine rings is 1. The van der Waals surface area contributed by atoms with Crippen molar-refractivity contribution in [1.82, 2.24) is 10.2 Å². The van der Waals surface area contributed by atoms with Gasteiger partial charge in [-0.3, -0.25) is 9.59 Å². The Labute approximate surface area is 166 Å². The van der Waals surface area contributed by atoms with Crippen LogP contribution in [0, 0.1) is 12.8 Å². The lowest BCUT2D eigenvalue weighted by Crippen LogP contribution is -2.43. The number of likely N-dealkylation sites (tertiary alicyclic amines) is 1. The highest BCUT2D eigenvalue weighted by atomic mass is 16.5. The second kappa shape index (κ2) is 9.40. The number of ether oxygens (including phenoxy) is 1. The van der Waals surface area contributed by atoms with Crippen LogP contribution in [-0.2, 0) is 11.2 Å². The summed E-state index contributed by atoms with van der Waals surface area (Å²) in [7, 11) is 1.66. The number of benzene rings is 2. The summed E-state index contributed by atoms with van der Waals surface area (Å²) in [6.45, 7) is 3.81. The van der Waals surface area contributed by atoms with Crippen molar-refractivity contribution >= 4 is 11.8 Å². The molecule has 5 nitrogen and oxygen atoms in total. The number of nitrogens with zero attached hydrogens (tertiary/aromatic N) is 1. The molecule has 1 heterocycles. The summed E-state index contributed by atoms with van der Waals surface area (Å²) in [4.78, 5) is 27.0. The number of carbonyl (C=O) groups excluding carboxylic acids is 2. The molecule has 0 bridgehead atoms. The zero-order valence-corrected chi connectivity index (χ0v) is 16.6. The van der Waals surface area contributed by atoms with Gasteiger partial charge in [0.25, 0.3) is 5.91 Å². The van der Waals surface area contributed by atoms with E-state index in [1.807, 2.05) is 60.4 Å². The molecule has 0 atom stereocenters. The minimum Gasteiger partial charge on any atom is -0.496 e. The first-order valence-corrected chi connectivity index (χ1v) is 9.84. The van der Waals surface area contributed by atoms with Crippen LogP contribution in [0.15, 0.2) is 48.5 Å². The van der Waals surface area contributed by atoms with Crippen LogP contribution < -0.4 is 10.1 Å². The van der Waals surface area contributed by atoms with Crippen LogP contribution in [0.5, 0.6) is 5.75 Å². The van der Waals surface area contributed by atoms with Crippen LogP contribution in [0.4, 0.5) is 0 Å². The number of hydrogen-bond donors (Lipinski definition) is 1. The maximum Gasteiger partial charge on any atom is 0.253 e. The molecule has 3 rings (SSSR count). The topological polar surface area (TPSA) is 58.6 Å². The highest BCUT2D eigenvalue weighted by Crippen LogP contribution is 2.20. The zero-order valence-electron chi connectivity index (χ0n) is 16.6. The largest absolute Gasteiger partial charge is 0.496 e. The number of nitrogens with one attached hydrogen (secondary N) is 1. The van der Waals surface area contributed by atoms with Gasteiger partial charge in [-0.25, -0.2) is 0 Å². The molecule has 0 spiro atoms. The first-order valence-electron chi connectivity index (χ1n) is 9.84. The Bertz CT molecular complexity index is 826. The molecule has 1 fully saturated rings. The van der Waals surface area contributed by atoms with Crippen LogP contribution in [0.25, 0.3) is 0 Å². The number of rotatable bonds is 6. The maximum absolute atomic E-state index is 12.6. The number of amides is 2. The molecule has 2 aromatic carbocycles. The lowest BCUT2D eigenvalue weighted by atomic mass is 9.95. The molecule has 1 aliphatic heterocycles. The van der Waals surface area contributed by atoms with Gasteiger partial charge in [0.2, 0.25) is 5.91 Å². The fourth-order valence-corrected chi connectivity index (χ4v) is 3.68. The van der Waals surface area contributed by atoms with Crippen molar-refractivity contribution in [3.8, 4) is 5.75 Å². The summed E-state index contributed by atoms with van der Waals surface area (Å²) < 4.78 is 5.35. The molecule has 0 aliphatic carbocycles. The number of para-hydroxylation sites is 1. The summed E-state index contributed by atoms with van der Waals surface area (Å²) in [6.07, 6.45) is 2.15. The highest BCUT2D eigenvalue weighted by Gasteiger charge is 2.27. The van der Waals surface area contributed by atoms with E-state index in [2.05, 4.69) is 5.32 Å². The average Bonchev–Trinajstić information content (AvgIpc) is 2.73. The molecule has 0 aromatic heterocycles. The van der Waals surface area contributed by atoms with Crippen LogP contribution in [-0.4, -0.2) is 43.5 Å². The Morgan fingerprint density at radius 2 is 1.86 bits per heavy atom. The molecular weight excluding hydrogens is 352 g/mol. The molecule has 2 aromatic rings. The quantitative estimate of drug-likeness (QED) is 0.837. The Hall–Kier alpha value is -2.82. The Morgan fingerprint density at radius 3 is 2.57 bits per heavy atom. The van der Waals surface area contributed by atoms with Crippen molar-refractivity contribution in [2.75, 3.05) is 26.7 Å². The molecule has 1 aliphatic rings. The van der Waals surface area contributed by atoms with Crippen molar-refractivity contribution in [2.24, 2.45) is 5.92 Å². The van der Waals surface area contributed by atoms with Crippen molar-refractivity contribution in [3.05, 3.63) is 65.2 Å². The second-order valence-corrected chi connectivity index (χ2v) is 7.29. The molecule has 5 heteroatoms. The van der Waals surface area contributed by atoms with Gasteiger partial charge in [0.15, 0.2) is 0 Å². The van der Waals surface area contributed by atoms with Gasteiger partial charge in [0.1, 0.15) is 5.75 Å². The van der Waals surface area contributed by atoms with E-state index in [9.17, 15) is 9.59 Å². The van der Waals surface area contributed by atoms with Gasteiger partial charge < -0.3 is 15.0 Å². The normalized spacial score (nSPS) is 14.6. The SMILES string of the molecule is COc1ccccc1CCNC(=O)C1CCN(C(=O)c2cccc(C)c2)CC1. The van der Waals surface area contributed by atoms with Gasteiger partial charge in [-0.15, -0.1) is 0 Å². The smallest absolute Gasteiger partial charge is 0.253 e. The molecule has 0 radical (unpaired) electrons. The third-order valence-corrected chi connectivity index (χ3v) is 5.30. The third kappa shape index (κ3) is 4.91. The molecule has 1 saturated heterocycles. The van der Waals surface area contributed by atoms with E-state index in [1.54, 1.807) is 7.11 Å². The fourth-order valence-electron chi connectivity index (χ4n) is 3.68. The van der Waals surface area contributed by atoms with Gasteiger partial charge >= 0.3 is 0 Å². The summed E-state index contributed by atoms with van der Waals surface area (Å²) in [6, 6.07) is 15.5. The minimum atomic E-state index is -0.0285. The van der Waals surface area contributed by atoms with E-state index in [0.29, 0.717) is 32.5 Å². The fraction of sp³-hybridized carbons (Fsp3) is 0.391. The van der Waals surface area contributed by atoms with Gasteiger partial charge in [-0.05, 0) is 49.9 Å². The number of methoxy groups -OCH3 is 1. The van der Waals surface area contributed by atoms with Crippen LogP contribution in [0.1, 0.15) is 34.3 Å². The van der Waals surface area contributed by atoms with Gasteiger partial charge in [0.05, 0.1) is 7.11 Å². The van der Waals surface area contributed by atoms with E-state index in [-0.39, 0.29) is 17.7 Å². The second-order valence-electron chi connectivity index (χ2n) is 7.29. The van der Waals surface area contributed by atoms with Gasteiger partial charge in [-0.1, -0.05) is 35.9 Å². The third-order valence-electron chi connectivity index (χ3n) is 5.30. The van der Waals surface area contributed by atoms with Crippen LogP contribution >= 0.6 is 0 Å². The Morgan fingerprint density at radius 1 is 1.11 bits per heavy atom. The lowest BCUT2D eigenvalue weighted by Gasteiger charge is -2.31. The van der Waals surface area contributed by atoms with E-state index in [4.69, 9.17) is 4.74 Å². The number of hydrogen-bond acceptors (Lipinski definition) is 3. The van der Waals surface area contributed by atoms with Crippen molar-refractivity contribution in [3.63, 3.8) is 0 Å². The van der Waals surface area contributed by atoms with Crippen molar-refractivity contribution in [2.45, 2.75) is 26.2 Å². The van der Waals surface area contributed by atoms with E-state index in [0.717, 1.165) is 28.9 Å². The monoisotopic (exact) mass is 380 g/mol. The van der Waals surface area contributed by atoms with Crippen molar-refractivity contribution < 1.29 is 14.3 Å². The maximum atomic E-state index is 12.6. The minimum absolute atomic E-state index is 0.0285. The lowest BCUT2D eigenvalue weighted by molar-refractivity contribution is -0.126. The van der Waals surface area contributed by atoms with Gasteiger partial charge in [-0.2, -0.15) is 0 Å². The predicted molar refractivity (Wildman–Crippen MR) is 110 cm³/mol. The first-order chi connectivity index (χ1) is 13.6. The highest BCUT2D eigenvalue weighted by molar-refractivity contribution is 5.94. The van der Waals surface area contributed by atoms with Crippen LogP contribution in [0.3, 0.4) is 0 Å². The summed E-state index contributed by atoms with van der Waals surface area (Å²) in [5, 5.41) is 3.04. The van der Waals surface area contributed by atoms with Crippen molar-refractivity contribution in [1.29, 1.82) is 0 Å². The van der Waals surface area contributed by atoms with E-state index >= 15 is 0 Å². The summed E-state index contributed by atoms with van der Waals surface area (Å²) >= 11 is 0. The number of aryl methyl sites for hydroxylation is 1. The Kier molecular flexibility index (Phi) is 6.69. The molecule has 28 heavy (non-hydrogen) atoms. The molecule has 0 saturated carbocycles. The molecule has 2 amide bonds. The van der Waals surface area contributed by atoms with Gasteiger partial charge in [0, 0.05) is 31.1 Å². The zero-order chi connectivity index (χ0) is 19.9. The molecule has 148 valence electrons. The molecule has 0 unspecified atom stereocenters. The predicted octanol–water partition coefficient (Wildman–Crippen LogP) is 3.21. The molecule has 1 N–H and O–H groups in total. The first kappa shape index (κ1) is 19.9.